The molecule has 146 valence electrons. The van der Waals surface area contributed by atoms with Gasteiger partial charge in [0.2, 0.25) is 5.95 Å². The van der Waals surface area contributed by atoms with Gasteiger partial charge in [-0.2, -0.15) is 4.98 Å². The zero-order valence-electron chi connectivity index (χ0n) is 14.4. The van der Waals surface area contributed by atoms with E-state index in [4.69, 9.17) is 0 Å². The molecule has 0 spiro atoms. The van der Waals surface area contributed by atoms with Crippen molar-refractivity contribution in [2.24, 2.45) is 0 Å². The smallest absolute Gasteiger partial charge is 0.269 e. The summed E-state index contributed by atoms with van der Waals surface area (Å²) in [6, 6.07) is 9.85. The number of H-pyrrole nitrogens is 1. The molecule has 0 aliphatic rings. The summed E-state index contributed by atoms with van der Waals surface area (Å²) in [7, 11) is 0. The van der Waals surface area contributed by atoms with E-state index in [1.54, 1.807) is 0 Å². The van der Waals surface area contributed by atoms with Crippen LogP contribution in [-0.4, -0.2) is 36.8 Å². The van der Waals surface area contributed by atoms with Gasteiger partial charge in [0, 0.05) is 35.4 Å². The Bertz CT molecular complexity index is 1010. The van der Waals surface area contributed by atoms with Crippen molar-refractivity contribution < 1.29 is 19.4 Å². The molecule has 0 fully saturated rings. The minimum Gasteiger partial charge on any atom is -0.291 e. The third-order valence-corrected chi connectivity index (χ3v) is 3.62. The number of aromatic nitrogens is 3. The van der Waals surface area contributed by atoms with E-state index in [1.165, 1.54) is 48.5 Å². The number of nitro benzene ring substituents is 2. The number of carbonyl (C=O) groups excluding carboxylic acids is 2. The number of non-ortho nitro benzene ring substituents is 2. The highest BCUT2D eigenvalue weighted by molar-refractivity contribution is 6.04. The third-order valence-electron chi connectivity index (χ3n) is 3.62. The number of amides is 2. The molecule has 0 atom stereocenters. The van der Waals surface area contributed by atoms with Gasteiger partial charge < -0.3 is 0 Å². The summed E-state index contributed by atoms with van der Waals surface area (Å²) in [5, 5.41) is 32.2. The number of nitrogens with zero attached hydrogens (tertiary/aromatic N) is 4. The van der Waals surface area contributed by atoms with Gasteiger partial charge in [-0.1, -0.05) is 0 Å². The second-order valence-corrected chi connectivity index (χ2v) is 5.52. The van der Waals surface area contributed by atoms with Gasteiger partial charge in [0.05, 0.1) is 9.85 Å². The van der Waals surface area contributed by atoms with Crippen LogP contribution in [0.3, 0.4) is 0 Å². The number of nitro groups is 2. The SMILES string of the molecule is O=C(Nc1n[nH]c(NC(=O)c2ccc([N+](=O)[O-])cc2)n1)c1ccc([N+](=O)[O-])cc1. The molecule has 2 aromatic carbocycles. The van der Waals surface area contributed by atoms with Crippen molar-refractivity contribution in [1.82, 2.24) is 15.2 Å². The highest BCUT2D eigenvalue weighted by Crippen LogP contribution is 2.15. The lowest BCUT2D eigenvalue weighted by atomic mass is 10.2. The second-order valence-electron chi connectivity index (χ2n) is 5.52. The minimum atomic E-state index is -0.604. The molecule has 0 saturated heterocycles. The van der Waals surface area contributed by atoms with Crippen molar-refractivity contribution in [3.63, 3.8) is 0 Å². The molecule has 1 aromatic heterocycles. The fourth-order valence-corrected chi connectivity index (χ4v) is 2.20. The van der Waals surface area contributed by atoms with E-state index in [0.29, 0.717) is 0 Å². The molecule has 3 rings (SSSR count). The Morgan fingerprint density at radius 1 is 0.793 bits per heavy atom. The highest BCUT2D eigenvalue weighted by atomic mass is 16.6. The number of hydrogen-bond acceptors (Lipinski definition) is 8. The molecule has 0 aliphatic heterocycles. The van der Waals surface area contributed by atoms with Gasteiger partial charge in [0.15, 0.2) is 0 Å². The molecule has 0 radical (unpaired) electrons. The predicted octanol–water partition coefficient (Wildman–Crippen LogP) is 2.13. The molecular formula is C16H11N7O6. The van der Waals surface area contributed by atoms with Crippen LogP contribution in [0.5, 0.6) is 0 Å². The first-order chi connectivity index (χ1) is 13.8. The summed E-state index contributed by atoms with van der Waals surface area (Å²) >= 11 is 0. The van der Waals surface area contributed by atoms with Crippen molar-refractivity contribution in [3.05, 3.63) is 79.9 Å². The molecule has 0 saturated carbocycles. The summed E-state index contributed by atoms with van der Waals surface area (Å²) < 4.78 is 0. The molecule has 29 heavy (non-hydrogen) atoms. The number of hydrogen-bond donors (Lipinski definition) is 3. The van der Waals surface area contributed by atoms with Gasteiger partial charge in [-0.25, -0.2) is 5.10 Å². The number of anilines is 2. The van der Waals surface area contributed by atoms with E-state index in [0.717, 1.165) is 0 Å². The van der Waals surface area contributed by atoms with Gasteiger partial charge >= 0.3 is 0 Å². The van der Waals surface area contributed by atoms with Crippen molar-refractivity contribution in [1.29, 1.82) is 0 Å². The Labute approximate surface area is 161 Å². The first-order valence-electron chi connectivity index (χ1n) is 7.87. The first-order valence-corrected chi connectivity index (χ1v) is 7.87. The van der Waals surface area contributed by atoms with Gasteiger partial charge in [0.25, 0.3) is 29.1 Å². The van der Waals surface area contributed by atoms with Gasteiger partial charge in [-0.15, -0.1) is 5.10 Å². The topological polar surface area (TPSA) is 186 Å². The quantitative estimate of drug-likeness (QED) is 0.416. The second kappa shape index (κ2) is 7.91. The van der Waals surface area contributed by atoms with E-state index in [2.05, 4.69) is 25.8 Å². The Balaban J connectivity index is 1.62. The molecule has 0 bridgehead atoms. The van der Waals surface area contributed by atoms with Crippen molar-refractivity contribution in [2.75, 3.05) is 10.6 Å². The molecule has 13 nitrogen and oxygen atoms in total. The van der Waals surface area contributed by atoms with Crippen LogP contribution in [0.15, 0.2) is 48.5 Å². The maximum Gasteiger partial charge on any atom is 0.269 e. The largest absolute Gasteiger partial charge is 0.291 e. The van der Waals surface area contributed by atoms with Crippen molar-refractivity contribution >= 4 is 35.1 Å². The summed E-state index contributed by atoms with van der Waals surface area (Å²) in [6.07, 6.45) is 0. The Kier molecular flexibility index (Phi) is 5.21. The van der Waals surface area contributed by atoms with Crippen LogP contribution in [0.4, 0.5) is 23.3 Å². The molecule has 13 heteroatoms. The zero-order valence-corrected chi connectivity index (χ0v) is 14.4. The number of nitrogens with one attached hydrogen (secondary N) is 3. The summed E-state index contributed by atoms with van der Waals surface area (Å²) in [5.41, 5.74) is -0.00604. The molecule has 1 heterocycles. The maximum absolute atomic E-state index is 12.1. The van der Waals surface area contributed by atoms with Crippen LogP contribution >= 0.6 is 0 Å². The average Bonchev–Trinajstić information content (AvgIpc) is 3.14. The van der Waals surface area contributed by atoms with Crippen LogP contribution in [0, 0.1) is 20.2 Å². The lowest BCUT2D eigenvalue weighted by molar-refractivity contribution is -0.385. The molecule has 2 amide bonds. The van der Waals surface area contributed by atoms with Crippen molar-refractivity contribution in [2.45, 2.75) is 0 Å². The standard InChI is InChI=1S/C16H11N7O6/c24-13(9-1-5-11(6-2-9)22(26)27)17-15-19-16(21-20-15)18-14(25)10-3-7-12(8-4-10)23(28)29/h1-8H,(H3,17,18,19,20,21,24,25). The van der Waals surface area contributed by atoms with E-state index >= 15 is 0 Å². The third kappa shape index (κ3) is 4.54. The highest BCUT2D eigenvalue weighted by Gasteiger charge is 2.14. The number of carbonyl (C=O) groups is 2. The maximum atomic E-state index is 12.1. The monoisotopic (exact) mass is 397 g/mol. The van der Waals surface area contributed by atoms with Crippen LogP contribution in [0.1, 0.15) is 20.7 Å². The van der Waals surface area contributed by atoms with Crippen LogP contribution in [0.25, 0.3) is 0 Å². The lowest BCUT2D eigenvalue weighted by Gasteiger charge is -2.01. The van der Waals surface area contributed by atoms with E-state index in [-0.39, 0.29) is 34.4 Å². The number of benzene rings is 2. The fraction of sp³-hybridized carbons (Fsp3) is 0. The van der Waals surface area contributed by atoms with Crippen LogP contribution in [-0.2, 0) is 0 Å². The molecule has 0 aliphatic carbocycles. The van der Waals surface area contributed by atoms with Gasteiger partial charge in [-0.3, -0.25) is 40.5 Å². The van der Waals surface area contributed by atoms with Crippen LogP contribution in [0.2, 0.25) is 0 Å². The number of aromatic amines is 1. The van der Waals surface area contributed by atoms with Crippen LogP contribution < -0.4 is 10.6 Å². The van der Waals surface area contributed by atoms with Gasteiger partial charge in [0.1, 0.15) is 0 Å². The van der Waals surface area contributed by atoms with E-state index in [9.17, 15) is 29.8 Å². The molecule has 3 N–H and O–H groups in total. The van der Waals surface area contributed by atoms with E-state index < -0.39 is 21.7 Å². The minimum absolute atomic E-state index is 0.0626. The van der Waals surface area contributed by atoms with Crippen molar-refractivity contribution in [3.8, 4) is 0 Å². The first kappa shape index (κ1) is 19.1. The Morgan fingerprint density at radius 3 is 1.69 bits per heavy atom. The van der Waals surface area contributed by atoms with E-state index in [1.807, 2.05) is 0 Å². The zero-order chi connectivity index (χ0) is 21.0. The molecule has 0 unspecified atom stereocenters. The Hall–Kier alpha value is -4.68. The lowest BCUT2D eigenvalue weighted by Crippen LogP contribution is -2.14. The normalized spacial score (nSPS) is 10.2. The summed E-state index contributed by atoms with van der Waals surface area (Å²) in [4.78, 5) is 48.2. The van der Waals surface area contributed by atoms with Gasteiger partial charge in [-0.05, 0) is 24.3 Å². The average molecular weight is 397 g/mol. The Morgan fingerprint density at radius 2 is 1.24 bits per heavy atom. The molecule has 3 aromatic rings. The molecular weight excluding hydrogens is 386 g/mol. The number of rotatable bonds is 6. The fourth-order valence-electron chi connectivity index (χ4n) is 2.20. The summed E-state index contributed by atoms with van der Waals surface area (Å²) in [6.45, 7) is 0. The predicted molar refractivity (Wildman–Crippen MR) is 98.5 cm³/mol. The summed E-state index contributed by atoms with van der Waals surface area (Å²) in [5.74, 6) is -1.39.